The second-order valence-electron chi connectivity index (χ2n) is 7.67. The van der Waals surface area contributed by atoms with E-state index in [-0.39, 0.29) is 0 Å². The SMILES string of the molecule is CCCN1CCC(NC(=NCc2ccnc(N3CCCC3)c2)NCC)CC1. The van der Waals surface area contributed by atoms with Crippen LogP contribution in [-0.4, -0.2) is 61.2 Å². The van der Waals surface area contributed by atoms with Crippen molar-refractivity contribution in [2.75, 3.05) is 44.2 Å². The van der Waals surface area contributed by atoms with Gasteiger partial charge in [0.25, 0.3) is 0 Å². The number of aliphatic imine (C=N–C) groups is 1. The molecule has 0 spiro atoms. The van der Waals surface area contributed by atoms with Crippen molar-refractivity contribution in [2.45, 2.75) is 58.5 Å². The lowest BCUT2D eigenvalue weighted by Crippen LogP contribution is -2.48. The molecule has 0 radical (unpaired) electrons. The highest BCUT2D eigenvalue weighted by molar-refractivity contribution is 5.80. The molecule has 6 heteroatoms. The van der Waals surface area contributed by atoms with E-state index in [1.54, 1.807) is 0 Å². The number of nitrogens with zero attached hydrogens (tertiary/aromatic N) is 4. The summed E-state index contributed by atoms with van der Waals surface area (Å²) in [4.78, 5) is 14.3. The number of hydrogen-bond acceptors (Lipinski definition) is 4. The lowest BCUT2D eigenvalue weighted by molar-refractivity contribution is 0.206. The van der Waals surface area contributed by atoms with Crippen LogP contribution in [0.5, 0.6) is 0 Å². The molecule has 0 unspecified atom stereocenters. The van der Waals surface area contributed by atoms with Gasteiger partial charge in [-0.25, -0.2) is 9.98 Å². The highest BCUT2D eigenvalue weighted by Gasteiger charge is 2.19. The summed E-state index contributed by atoms with van der Waals surface area (Å²) in [6.45, 7) is 11.8. The first-order chi connectivity index (χ1) is 13.3. The number of rotatable bonds is 7. The monoisotopic (exact) mass is 372 g/mol. The van der Waals surface area contributed by atoms with Gasteiger partial charge in [-0.15, -0.1) is 0 Å². The third-order valence-corrected chi connectivity index (χ3v) is 5.47. The van der Waals surface area contributed by atoms with Crippen LogP contribution in [0.15, 0.2) is 23.3 Å². The lowest BCUT2D eigenvalue weighted by atomic mass is 10.1. The number of anilines is 1. The maximum absolute atomic E-state index is 4.84. The molecule has 27 heavy (non-hydrogen) atoms. The molecular weight excluding hydrogens is 336 g/mol. The number of aromatic nitrogens is 1. The molecule has 0 amide bonds. The molecule has 0 aliphatic carbocycles. The zero-order chi connectivity index (χ0) is 18.9. The molecule has 0 saturated carbocycles. The summed E-state index contributed by atoms with van der Waals surface area (Å²) >= 11 is 0. The summed E-state index contributed by atoms with van der Waals surface area (Å²) in [6, 6.07) is 4.80. The Morgan fingerprint density at radius 3 is 2.67 bits per heavy atom. The molecule has 2 aliphatic rings. The van der Waals surface area contributed by atoms with Gasteiger partial charge in [0, 0.05) is 45.0 Å². The zero-order valence-electron chi connectivity index (χ0n) is 17.1. The molecule has 150 valence electrons. The fourth-order valence-corrected chi connectivity index (χ4v) is 3.98. The maximum Gasteiger partial charge on any atom is 0.191 e. The van der Waals surface area contributed by atoms with Gasteiger partial charge in [-0.2, -0.15) is 0 Å². The van der Waals surface area contributed by atoms with Gasteiger partial charge in [-0.05, 0) is 63.3 Å². The predicted molar refractivity (Wildman–Crippen MR) is 113 cm³/mol. The molecule has 2 saturated heterocycles. The zero-order valence-corrected chi connectivity index (χ0v) is 17.1. The fraction of sp³-hybridized carbons (Fsp3) is 0.714. The number of guanidine groups is 1. The molecule has 2 N–H and O–H groups in total. The third kappa shape index (κ3) is 6.09. The quantitative estimate of drug-likeness (QED) is 0.569. The van der Waals surface area contributed by atoms with Crippen LogP contribution in [0.3, 0.4) is 0 Å². The van der Waals surface area contributed by atoms with Gasteiger partial charge in [0.2, 0.25) is 0 Å². The Morgan fingerprint density at radius 1 is 1.19 bits per heavy atom. The third-order valence-electron chi connectivity index (χ3n) is 5.47. The number of hydrogen-bond donors (Lipinski definition) is 2. The summed E-state index contributed by atoms with van der Waals surface area (Å²) in [6.07, 6.45) is 8.10. The first-order valence-corrected chi connectivity index (χ1v) is 10.8. The van der Waals surface area contributed by atoms with E-state index < -0.39 is 0 Å². The smallest absolute Gasteiger partial charge is 0.191 e. The van der Waals surface area contributed by atoms with Crippen LogP contribution < -0.4 is 15.5 Å². The van der Waals surface area contributed by atoms with Gasteiger partial charge < -0.3 is 20.4 Å². The largest absolute Gasteiger partial charge is 0.357 e. The first-order valence-electron chi connectivity index (χ1n) is 10.8. The van der Waals surface area contributed by atoms with Crippen LogP contribution >= 0.6 is 0 Å². The average molecular weight is 373 g/mol. The minimum Gasteiger partial charge on any atom is -0.357 e. The van der Waals surface area contributed by atoms with E-state index >= 15 is 0 Å². The summed E-state index contributed by atoms with van der Waals surface area (Å²) in [5.41, 5.74) is 1.22. The van der Waals surface area contributed by atoms with Gasteiger partial charge in [0.15, 0.2) is 5.96 Å². The van der Waals surface area contributed by atoms with Crippen molar-refractivity contribution in [2.24, 2.45) is 4.99 Å². The number of pyridine rings is 1. The Bertz CT molecular complexity index is 588. The van der Waals surface area contributed by atoms with E-state index in [0.29, 0.717) is 12.6 Å². The highest BCUT2D eigenvalue weighted by atomic mass is 15.2. The average Bonchev–Trinajstić information content (AvgIpc) is 3.23. The van der Waals surface area contributed by atoms with Crippen molar-refractivity contribution >= 4 is 11.8 Å². The van der Waals surface area contributed by atoms with E-state index in [2.05, 4.69) is 51.4 Å². The molecule has 6 nitrogen and oxygen atoms in total. The molecule has 1 aromatic heterocycles. The lowest BCUT2D eigenvalue weighted by Gasteiger charge is -2.32. The number of piperidine rings is 1. The first kappa shape index (κ1) is 19.9. The Labute approximate surface area is 164 Å². The normalized spacial score (nSPS) is 19.5. The highest BCUT2D eigenvalue weighted by Crippen LogP contribution is 2.19. The van der Waals surface area contributed by atoms with Crippen LogP contribution in [0.25, 0.3) is 0 Å². The van der Waals surface area contributed by atoms with Crippen molar-refractivity contribution in [1.82, 2.24) is 20.5 Å². The van der Waals surface area contributed by atoms with Crippen LogP contribution in [0.2, 0.25) is 0 Å². The molecule has 2 fully saturated rings. The molecule has 0 atom stereocenters. The van der Waals surface area contributed by atoms with Crippen molar-refractivity contribution in [3.05, 3.63) is 23.9 Å². The van der Waals surface area contributed by atoms with Gasteiger partial charge in [0.1, 0.15) is 5.82 Å². The van der Waals surface area contributed by atoms with Crippen molar-refractivity contribution < 1.29 is 0 Å². The molecule has 0 bridgehead atoms. The number of likely N-dealkylation sites (tertiary alicyclic amines) is 1. The molecule has 3 heterocycles. The fourth-order valence-electron chi connectivity index (χ4n) is 3.98. The van der Waals surface area contributed by atoms with Crippen LogP contribution in [-0.2, 0) is 6.54 Å². The van der Waals surface area contributed by atoms with Gasteiger partial charge >= 0.3 is 0 Å². The summed E-state index contributed by atoms with van der Waals surface area (Å²) in [5.74, 6) is 2.03. The van der Waals surface area contributed by atoms with Crippen LogP contribution in [0, 0.1) is 0 Å². The Hall–Kier alpha value is -1.82. The molecular formula is C21H36N6. The van der Waals surface area contributed by atoms with Crippen molar-refractivity contribution in [3.8, 4) is 0 Å². The molecule has 0 aromatic carbocycles. The van der Waals surface area contributed by atoms with Gasteiger partial charge in [-0.3, -0.25) is 0 Å². The topological polar surface area (TPSA) is 55.8 Å². The second-order valence-corrected chi connectivity index (χ2v) is 7.67. The Kier molecular flexibility index (Phi) is 7.75. The summed E-state index contributed by atoms with van der Waals surface area (Å²) < 4.78 is 0. The molecule has 3 rings (SSSR count). The minimum atomic E-state index is 0.522. The van der Waals surface area contributed by atoms with Gasteiger partial charge in [-0.1, -0.05) is 6.92 Å². The molecule has 1 aromatic rings. The van der Waals surface area contributed by atoms with E-state index in [1.165, 1.54) is 57.3 Å². The van der Waals surface area contributed by atoms with Crippen molar-refractivity contribution in [3.63, 3.8) is 0 Å². The van der Waals surface area contributed by atoms with Crippen LogP contribution in [0.4, 0.5) is 5.82 Å². The number of nitrogens with one attached hydrogen (secondary N) is 2. The summed E-state index contributed by atoms with van der Waals surface area (Å²) in [7, 11) is 0. The van der Waals surface area contributed by atoms with E-state index in [1.807, 2.05) is 6.20 Å². The van der Waals surface area contributed by atoms with Crippen LogP contribution in [0.1, 0.15) is 51.5 Å². The van der Waals surface area contributed by atoms with E-state index in [9.17, 15) is 0 Å². The predicted octanol–water partition coefficient (Wildman–Crippen LogP) is 2.61. The summed E-state index contributed by atoms with van der Waals surface area (Å²) in [5, 5.41) is 7.05. The van der Waals surface area contributed by atoms with Crippen molar-refractivity contribution in [1.29, 1.82) is 0 Å². The maximum atomic E-state index is 4.84. The minimum absolute atomic E-state index is 0.522. The Morgan fingerprint density at radius 2 is 1.96 bits per heavy atom. The Balaban J connectivity index is 1.55. The standard InChI is InChI=1S/C21H36N6/c1-3-11-26-14-8-19(9-15-26)25-21(22-4-2)24-17-18-7-10-23-20(16-18)27-12-5-6-13-27/h7,10,16,19H,3-6,8-9,11-15,17H2,1-2H3,(H2,22,24,25). The van der Waals surface area contributed by atoms with E-state index in [4.69, 9.17) is 4.99 Å². The second kappa shape index (κ2) is 10.5. The van der Waals surface area contributed by atoms with Gasteiger partial charge in [0.05, 0.1) is 6.54 Å². The molecule has 2 aliphatic heterocycles. The van der Waals surface area contributed by atoms with E-state index in [0.717, 1.165) is 31.4 Å².